The molecule has 0 aliphatic carbocycles. The number of benzene rings is 1. The van der Waals surface area contributed by atoms with Crippen molar-refractivity contribution in [3.63, 3.8) is 0 Å². The van der Waals surface area contributed by atoms with E-state index in [-0.39, 0.29) is 30.5 Å². The molecule has 0 bridgehead atoms. The average molecular weight is 347 g/mol. The van der Waals surface area contributed by atoms with Gasteiger partial charge < -0.3 is 20.7 Å². The molecule has 0 spiro atoms. The maximum absolute atomic E-state index is 12.4. The molecule has 2 atom stereocenters. The number of hydrogen-bond donors (Lipinski definition) is 2. The number of hydrogen-bond acceptors (Lipinski definition) is 4. The van der Waals surface area contributed by atoms with E-state index >= 15 is 0 Å². The minimum Gasteiger partial charge on any atom is -0.484 e. The van der Waals surface area contributed by atoms with Crippen molar-refractivity contribution in [2.24, 2.45) is 5.73 Å². The van der Waals surface area contributed by atoms with E-state index in [1.807, 2.05) is 4.90 Å². The fraction of sp³-hybridized carbons (Fsp3) is 0.579. The van der Waals surface area contributed by atoms with Crippen molar-refractivity contribution >= 4 is 11.8 Å². The number of carbonyl (C=O) groups is 2. The maximum Gasteiger partial charge on any atom is 0.260 e. The molecule has 1 fully saturated rings. The zero-order valence-corrected chi connectivity index (χ0v) is 15.2. The van der Waals surface area contributed by atoms with E-state index in [1.165, 1.54) is 6.42 Å². The van der Waals surface area contributed by atoms with Gasteiger partial charge in [0.05, 0.1) is 0 Å². The largest absolute Gasteiger partial charge is 0.484 e. The number of rotatable bonds is 7. The summed E-state index contributed by atoms with van der Waals surface area (Å²) >= 11 is 0. The van der Waals surface area contributed by atoms with Crippen LogP contribution in [0.5, 0.6) is 5.75 Å². The quantitative estimate of drug-likeness (QED) is 0.738. The summed E-state index contributed by atoms with van der Waals surface area (Å²) < 4.78 is 5.61. The molecule has 0 radical (unpaired) electrons. The van der Waals surface area contributed by atoms with Gasteiger partial charge in [-0.2, -0.15) is 0 Å². The van der Waals surface area contributed by atoms with Gasteiger partial charge in [-0.1, -0.05) is 0 Å². The molecule has 2 rings (SSSR count). The lowest BCUT2D eigenvalue weighted by Crippen LogP contribution is -2.49. The molecule has 1 aromatic carbocycles. The van der Waals surface area contributed by atoms with Crippen LogP contribution in [0.3, 0.4) is 0 Å². The summed E-state index contributed by atoms with van der Waals surface area (Å²) in [4.78, 5) is 26.3. The van der Waals surface area contributed by atoms with Crippen LogP contribution in [-0.2, 0) is 4.79 Å². The molecule has 6 nitrogen and oxygen atoms in total. The molecule has 3 N–H and O–H groups in total. The number of carbonyl (C=O) groups excluding carboxylic acids is 2. The van der Waals surface area contributed by atoms with Gasteiger partial charge in [0.25, 0.3) is 11.8 Å². The lowest BCUT2D eigenvalue weighted by atomic mass is 9.97. The van der Waals surface area contributed by atoms with Crippen LogP contribution < -0.4 is 15.8 Å². The highest BCUT2D eigenvalue weighted by molar-refractivity contribution is 5.94. The van der Waals surface area contributed by atoms with Crippen molar-refractivity contribution in [3.05, 3.63) is 29.8 Å². The Kier molecular flexibility index (Phi) is 7.25. The second-order valence-electron chi connectivity index (χ2n) is 6.64. The monoisotopic (exact) mass is 347 g/mol. The first kappa shape index (κ1) is 19.2. The van der Waals surface area contributed by atoms with E-state index in [0.717, 1.165) is 19.3 Å². The van der Waals surface area contributed by atoms with Crippen LogP contribution in [0.25, 0.3) is 0 Å². The first-order chi connectivity index (χ1) is 12.0. The summed E-state index contributed by atoms with van der Waals surface area (Å²) in [7, 11) is 0. The van der Waals surface area contributed by atoms with Crippen molar-refractivity contribution < 1.29 is 14.3 Å². The van der Waals surface area contributed by atoms with Gasteiger partial charge in [-0.15, -0.1) is 0 Å². The number of amides is 2. The second-order valence-corrected chi connectivity index (χ2v) is 6.64. The van der Waals surface area contributed by atoms with Crippen LogP contribution in [0.1, 0.15) is 49.9 Å². The van der Waals surface area contributed by atoms with E-state index in [9.17, 15) is 9.59 Å². The molecule has 1 aliphatic heterocycles. The minimum absolute atomic E-state index is 0.0169. The van der Waals surface area contributed by atoms with Crippen molar-refractivity contribution in [2.45, 2.75) is 51.6 Å². The van der Waals surface area contributed by atoms with Gasteiger partial charge in [-0.25, -0.2) is 0 Å². The van der Waals surface area contributed by atoms with Gasteiger partial charge in [-0.3, -0.25) is 9.59 Å². The van der Waals surface area contributed by atoms with E-state index in [0.29, 0.717) is 24.4 Å². The van der Waals surface area contributed by atoms with E-state index < -0.39 is 0 Å². The topological polar surface area (TPSA) is 84.7 Å². The summed E-state index contributed by atoms with van der Waals surface area (Å²) in [5, 5.41) is 2.80. The Hall–Kier alpha value is -2.08. The van der Waals surface area contributed by atoms with Crippen molar-refractivity contribution in [1.29, 1.82) is 0 Å². The van der Waals surface area contributed by atoms with Crippen LogP contribution in [0.4, 0.5) is 0 Å². The van der Waals surface area contributed by atoms with Gasteiger partial charge in [0.2, 0.25) is 0 Å². The predicted molar refractivity (Wildman–Crippen MR) is 97.6 cm³/mol. The number of nitrogens with two attached hydrogens (primary N) is 1. The number of piperidine rings is 1. The Morgan fingerprint density at radius 3 is 2.44 bits per heavy atom. The number of ether oxygens (including phenoxy) is 1. The Bertz CT molecular complexity index is 564. The molecule has 6 heteroatoms. The van der Waals surface area contributed by atoms with Crippen LogP contribution in [0, 0.1) is 0 Å². The van der Waals surface area contributed by atoms with E-state index in [1.54, 1.807) is 24.3 Å². The number of nitrogens with zero attached hydrogens (tertiary/aromatic N) is 1. The third-order valence-electron chi connectivity index (χ3n) is 4.63. The third kappa shape index (κ3) is 5.46. The molecular formula is C19H29N3O3. The van der Waals surface area contributed by atoms with Crippen LogP contribution in [0.15, 0.2) is 24.3 Å². The molecule has 1 aromatic rings. The Morgan fingerprint density at radius 2 is 1.84 bits per heavy atom. The summed E-state index contributed by atoms with van der Waals surface area (Å²) in [6.07, 6.45) is 4.01. The molecule has 2 unspecified atom stereocenters. The highest BCUT2D eigenvalue weighted by Gasteiger charge is 2.28. The molecule has 25 heavy (non-hydrogen) atoms. The summed E-state index contributed by atoms with van der Waals surface area (Å²) in [6.45, 7) is 5.32. The van der Waals surface area contributed by atoms with Crippen LogP contribution in [-0.4, -0.2) is 48.5 Å². The van der Waals surface area contributed by atoms with Gasteiger partial charge in [0.15, 0.2) is 6.61 Å². The SMILES string of the molecule is CC1CCCC(C)N1C(=O)COc1ccc(C(=O)NCCCN)cc1. The molecule has 0 aromatic heterocycles. The normalized spacial score (nSPS) is 20.2. The first-order valence-electron chi connectivity index (χ1n) is 9.05. The highest BCUT2D eigenvalue weighted by Crippen LogP contribution is 2.22. The van der Waals surface area contributed by atoms with Crippen molar-refractivity contribution in [1.82, 2.24) is 10.2 Å². The van der Waals surface area contributed by atoms with Crippen molar-refractivity contribution in [2.75, 3.05) is 19.7 Å². The summed E-state index contributed by atoms with van der Waals surface area (Å²) in [6, 6.07) is 7.36. The molecule has 2 amide bonds. The lowest BCUT2D eigenvalue weighted by Gasteiger charge is -2.38. The Morgan fingerprint density at radius 1 is 1.20 bits per heavy atom. The van der Waals surface area contributed by atoms with E-state index in [2.05, 4.69) is 19.2 Å². The van der Waals surface area contributed by atoms with Crippen LogP contribution >= 0.6 is 0 Å². The zero-order valence-electron chi connectivity index (χ0n) is 15.2. The zero-order chi connectivity index (χ0) is 18.2. The Balaban J connectivity index is 1.84. The molecule has 1 heterocycles. The molecular weight excluding hydrogens is 318 g/mol. The van der Waals surface area contributed by atoms with E-state index in [4.69, 9.17) is 10.5 Å². The second kappa shape index (κ2) is 9.42. The van der Waals surface area contributed by atoms with Gasteiger partial charge in [0.1, 0.15) is 5.75 Å². The minimum atomic E-state index is -0.132. The Labute approximate surface area is 149 Å². The van der Waals surface area contributed by atoms with Crippen molar-refractivity contribution in [3.8, 4) is 5.75 Å². The predicted octanol–water partition coefficient (Wildman–Crippen LogP) is 1.93. The first-order valence-corrected chi connectivity index (χ1v) is 9.05. The van der Waals surface area contributed by atoms with Gasteiger partial charge in [-0.05, 0) is 70.3 Å². The number of nitrogens with one attached hydrogen (secondary N) is 1. The molecule has 138 valence electrons. The molecule has 1 saturated heterocycles. The fourth-order valence-corrected chi connectivity index (χ4v) is 3.24. The molecule has 0 saturated carbocycles. The number of likely N-dealkylation sites (tertiary alicyclic amines) is 1. The average Bonchev–Trinajstić information content (AvgIpc) is 2.60. The highest BCUT2D eigenvalue weighted by atomic mass is 16.5. The smallest absolute Gasteiger partial charge is 0.260 e. The van der Waals surface area contributed by atoms with Gasteiger partial charge >= 0.3 is 0 Å². The summed E-state index contributed by atoms with van der Waals surface area (Å²) in [5.74, 6) is 0.472. The maximum atomic E-state index is 12.4. The molecule has 1 aliphatic rings. The van der Waals surface area contributed by atoms with Gasteiger partial charge in [0, 0.05) is 24.2 Å². The fourth-order valence-electron chi connectivity index (χ4n) is 3.24. The standard InChI is InChI=1S/C19H29N3O3/c1-14-5-3-6-15(2)22(14)18(23)13-25-17-9-7-16(8-10-17)19(24)21-12-4-11-20/h7-10,14-15H,3-6,11-13,20H2,1-2H3,(H,21,24). The lowest BCUT2D eigenvalue weighted by molar-refractivity contribution is -0.139. The van der Waals surface area contributed by atoms with Crippen LogP contribution in [0.2, 0.25) is 0 Å². The summed E-state index contributed by atoms with van der Waals surface area (Å²) in [5.41, 5.74) is 5.97. The third-order valence-corrected chi connectivity index (χ3v) is 4.63.